The number of hydrogen-bond donors (Lipinski definition) is 2. The molecule has 0 unspecified atom stereocenters. The van der Waals surface area contributed by atoms with Gasteiger partial charge in [-0.1, -0.05) is 12.2 Å². The highest BCUT2D eigenvalue weighted by Crippen LogP contribution is 1.93. The van der Waals surface area contributed by atoms with E-state index in [0.717, 1.165) is 25.8 Å². The molecule has 0 heterocycles. The van der Waals surface area contributed by atoms with Crippen molar-refractivity contribution in [2.24, 2.45) is 5.73 Å². The summed E-state index contributed by atoms with van der Waals surface area (Å²) < 4.78 is 0. The van der Waals surface area contributed by atoms with Crippen molar-refractivity contribution in [3.63, 3.8) is 0 Å². The molecule has 0 atom stereocenters. The minimum atomic E-state index is 0.0142. The monoisotopic (exact) mass is 174 g/mol. The van der Waals surface area contributed by atoms with Crippen molar-refractivity contribution in [3.8, 4) is 0 Å². The summed E-state index contributed by atoms with van der Waals surface area (Å²) in [6.07, 6.45) is 2.67. The zero-order valence-corrected chi connectivity index (χ0v) is 7.54. The van der Waals surface area contributed by atoms with E-state index in [4.69, 9.17) is 5.73 Å². The topological polar surface area (TPSA) is 55.1 Å². The number of carbonyl (C=O) groups is 1. The van der Waals surface area contributed by atoms with Crippen molar-refractivity contribution in [1.82, 2.24) is 5.32 Å². The van der Waals surface area contributed by atoms with Crippen LogP contribution in [0.2, 0.25) is 0 Å². The first-order chi connectivity index (χ1) is 5.13. The second-order valence-corrected chi connectivity index (χ2v) is 2.93. The molecule has 0 radical (unpaired) electrons. The Bertz CT molecular complexity index is 131. The summed E-state index contributed by atoms with van der Waals surface area (Å²) in [5.41, 5.74) is 5.28. The molecule has 0 aliphatic rings. The van der Waals surface area contributed by atoms with E-state index in [1.54, 1.807) is 0 Å². The van der Waals surface area contributed by atoms with Crippen LogP contribution in [0.15, 0.2) is 0 Å². The highest BCUT2D eigenvalue weighted by atomic mass is 32.1. The number of carbonyl (C=O) groups excluding carboxylic acids is 1. The van der Waals surface area contributed by atoms with E-state index < -0.39 is 0 Å². The van der Waals surface area contributed by atoms with Gasteiger partial charge in [0.2, 0.25) is 5.91 Å². The van der Waals surface area contributed by atoms with Crippen molar-refractivity contribution in [1.29, 1.82) is 0 Å². The largest absolute Gasteiger partial charge is 0.393 e. The second kappa shape index (κ2) is 6.09. The van der Waals surface area contributed by atoms with Crippen LogP contribution in [0.4, 0.5) is 0 Å². The molecule has 3 nitrogen and oxygen atoms in total. The van der Waals surface area contributed by atoms with Gasteiger partial charge in [-0.15, -0.1) is 0 Å². The molecule has 0 rings (SSSR count). The number of nitrogens with two attached hydrogens (primary N) is 1. The summed E-state index contributed by atoms with van der Waals surface area (Å²) in [6, 6.07) is 0. The molecule has 0 spiro atoms. The predicted molar refractivity (Wildman–Crippen MR) is 49.3 cm³/mol. The first kappa shape index (κ1) is 10.4. The Kier molecular flexibility index (Phi) is 5.74. The maximum absolute atomic E-state index is 10.4. The third-order valence-electron chi connectivity index (χ3n) is 1.22. The van der Waals surface area contributed by atoms with Crippen LogP contribution in [-0.2, 0) is 4.79 Å². The van der Waals surface area contributed by atoms with E-state index in [2.05, 4.69) is 17.5 Å². The van der Waals surface area contributed by atoms with Crippen molar-refractivity contribution < 1.29 is 4.79 Å². The number of nitrogens with one attached hydrogen (secondary N) is 1. The molecule has 0 aromatic rings. The van der Waals surface area contributed by atoms with Gasteiger partial charge in [0.05, 0.1) is 4.99 Å². The number of amides is 1. The van der Waals surface area contributed by atoms with Gasteiger partial charge in [-0.05, 0) is 19.3 Å². The Morgan fingerprint density at radius 3 is 2.64 bits per heavy atom. The highest BCUT2D eigenvalue weighted by Gasteiger charge is 1.92. The SMILES string of the molecule is CC(=O)NCCCCC(N)=S. The third kappa shape index (κ3) is 9.36. The van der Waals surface area contributed by atoms with Gasteiger partial charge in [0.15, 0.2) is 0 Å². The van der Waals surface area contributed by atoms with Crippen LogP contribution in [0.5, 0.6) is 0 Å². The Hall–Kier alpha value is -0.640. The summed E-state index contributed by atoms with van der Waals surface area (Å²) in [5.74, 6) is 0.0142. The van der Waals surface area contributed by atoms with E-state index in [0.29, 0.717) is 4.99 Å². The van der Waals surface area contributed by atoms with E-state index in [1.165, 1.54) is 6.92 Å². The van der Waals surface area contributed by atoms with E-state index in [1.807, 2.05) is 0 Å². The lowest BCUT2D eigenvalue weighted by molar-refractivity contribution is -0.118. The molecule has 3 N–H and O–H groups in total. The fraction of sp³-hybridized carbons (Fsp3) is 0.714. The molecule has 4 heteroatoms. The summed E-state index contributed by atoms with van der Waals surface area (Å²) in [7, 11) is 0. The summed E-state index contributed by atoms with van der Waals surface area (Å²) in [5, 5.41) is 2.70. The zero-order valence-electron chi connectivity index (χ0n) is 6.72. The maximum atomic E-state index is 10.4. The van der Waals surface area contributed by atoms with Gasteiger partial charge in [0, 0.05) is 13.5 Å². The van der Waals surface area contributed by atoms with E-state index in [9.17, 15) is 4.79 Å². The van der Waals surface area contributed by atoms with Gasteiger partial charge in [0.1, 0.15) is 0 Å². The molecule has 0 aromatic carbocycles. The average Bonchev–Trinajstić information content (AvgIpc) is 1.85. The Morgan fingerprint density at radius 2 is 2.18 bits per heavy atom. The highest BCUT2D eigenvalue weighted by molar-refractivity contribution is 7.80. The Labute approximate surface area is 72.3 Å². The molecular formula is C7H14N2OS. The zero-order chi connectivity index (χ0) is 8.69. The van der Waals surface area contributed by atoms with Crippen LogP contribution in [0, 0.1) is 0 Å². The summed E-state index contributed by atoms with van der Waals surface area (Å²) >= 11 is 4.69. The van der Waals surface area contributed by atoms with Crippen molar-refractivity contribution in [2.45, 2.75) is 26.2 Å². The van der Waals surface area contributed by atoms with Gasteiger partial charge < -0.3 is 11.1 Å². The minimum Gasteiger partial charge on any atom is -0.393 e. The second-order valence-electron chi connectivity index (χ2n) is 2.41. The summed E-state index contributed by atoms with van der Waals surface area (Å²) in [6.45, 7) is 2.23. The first-order valence-electron chi connectivity index (χ1n) is 3.65. The lowest BCUT2D eigenvalue weighted by Gasteiger charge is -2.00. The van der Waals surface area contributed by atoms with Gasteiger partial charge >= 0.3 is 0 Å². The third-order valence-corrected chi connectivity index (χ3v) is 1.43. The van der Waals surface area contributed by atoms with Gasteiger partial charge in [-0.2, -0.15) is 0 Å². The normalized spacial score (nSPS) is 9.18. The molecule has 0 aromatic heterocycles. The number of rotatable bonds is 5. The van der Waals surface area contributed by atoms with E-state index in [-0.39, 0.29) is 5.91 Å². The fourth-order valence-electron chi connectivity index (χ4n) is 0.689. The molecule has 0 fully saturated rings. The lowest BCUT2D eigenvalue weighted by Crippen LogP contribution is -2.21. The molecule has 0 aliphatic heterocycles. The van der Waals surface area contributed by atoms with Crippen molar-refractivity contribution in [3.05, 3.63) is 0 Å². The fourth-order valence-corrected chi connectivity index (χ4v) is 0.833. The molecule has 0 aliphatic carbocycles. The van der Waals surface area contributed by atoms with Crippen molar-refractivity contribution >= 4 is 23.1 Å². The first-order valence-corrected chi connectivity index (χ1v) is 4.06. The number of thiocarbonyl (C=S) groups is 1. The smallest absolute Gasteiger partial charge is 0.216 e. The van der Waals surface area contributed by atoms with Crippen LogP contribution in [0.25, 0.3) is 0 Å². The van der Waals surface area contributed by atoms with Gasteiger partial charge in [-0.3, -0.25) is 4.79 Å². The van der Waals surface area contributed by atoms with Crippen LogP contribution in [0.1, 0.15) is 26.2 Å². The van der Waals surface area contributed by atoms with Gasteiger partial charge in [-0.25, -0.2) is 0 Å². The molecular weight excluding hydrogens is 160 g/mol. The molecule has 0 saturated carbocycles. The Morgan fingerprint density at radius 1 is 1.55 bits per heavy atom. The van der Waals surface area contributed by atoms with Crippen LogP contribution >= 0.6 is 12.2 Å². The van der Waals surface area contributed by atoms with Crippen LogP contribution in [0.3, 0.4) is 0 Å². The van der Waals surface area contributed by atoms with Gasteiger partial charge in [0.25, 0.3) is 0 Å². The Balaban J connectivity index is 3.03. The minimum absolute atomic E-state index is 0.0142. The predicted octanol–water partition coefficient (Wildman–Crippen LogP) is 0.579. The molecule has 0 saturated heterocycles. The quantitative estimate of drug-likeness (QED) is 0.473. The number of hydrogen-bond acceptors (Lipinski definition) is 2. The van der Waals surface area contributed by atoms with Crippen LogP contribution < -0.4 is 11.1 Å². The molecule has 1 amide bonds. The van der Waals surface area contributed by atoms with Crippen molar-refractivity contribution in [2.75, 3.05) is 6.54 Å². The lowest BCUT2D eigenvalue weighted by atomic mass is 10.2. The molecule has 11 heavy (non-hydrogen) atoms. The van der Waals surface area contributed by atoms with E-state index >= 15 is 0 Å². The summed E-state index contributed by atoms with van der Waals surface area (Å²) in [4.78, 5) is 10.9. The molecule has 0 bridgehead atoms. The van der Waals surface area contributed by atoms with Crippen LogP contribution in [-0.4, -0.2) is 17.4 Å². The average molecular weight is 174 g/mol. The number of unbranched alkanes of at least 4 members (excludes halogenated alkanes) is 1. The molecule has 64 valence electrons. The standard InChI is InChI=1S/C7H14N2OS/c1-6(10)9-5-3-2-4-7(8)11/h2-5H2,1H3,(H2,8,11)(H,9,10). The maximum Gasteiger partial charge on any atom is 0.216 e.